The van der Waals surface area contributed by atoms with Crippen molar-refractivity contribution in [2.45, 2.75) is 96.9 Å². The van der Waals surface area contributed by atoms with Gasteiger partial charge >= 0.3 is 0 Å². The Kier molecular flexibility index (Phi) is 7.69. The summed E-state index contributed by atoms with van der Waals surface area (Å²) in [4.78, 5) is 1.10. The maximum absolute atomic E-state index is 10.7. The highest BCUT2D eigenvalue weighted by Gasteiger charge is 2.50. The van der Waals surface area contributed by atoms with E-state index in [-0.39, 0.29) is 6.10 Å². The fraction of sp³-hybridized carbons (Fsp3) is 0.655. The minimum absolute atomic E-state index is 0.328. The molecule has 3 nitrogen and oxygen atoms in total. The van der Waals surface area contributed by atoms with Crippen LogP contribution in [0.5, 0.6) is 0 Å². The minimum atomic E-state index is -0.625. The topological polar surface area (TPSA) is 60.7 Å². The first kappa shape index (κ1) is 24.9. The van der Waals surface area contributed by atoms with Crippen LogP contribution in [-0.2, 0) is 0 Å². The molecule has 182 valence electrons. The molecular weight excluding hydrogens is 428 g/mol. The van der Waals surface area contributed by atoms with E-state index in [0.29, 0.717) is 36.0 Å². The summed E-state index contributed by atoms with van der Waals surface area (Å²) in [5.41, 5.74) is 4.89. The van der Waals surface area contributed by atoms with E-state index in [2.05, 4.69) is 50.9 Å². The number of hydrogen-bond acceptors (Lipinski definition) is 4. The molecule has 0 amide bonds. The van der Waals surface area contributed by atoms with Crippen LogP contribution < -0.4 is 0 Å². The first-order valence-electron chi connectivity index (χ1n) is 12.9. The Labute approximate surface area is 203 Å². The summed E-state index contributed by atoms with van der Waals surface area (Å²) in [6, 6.07) is 2.12. The van der Waals surface area contributed by atoms with Gasteiger partial charge in [0, 0.05) is 11.3 Å². The van der Waals surface area contributed by atoms with Crippen molar-refractivity contribution in [1.29, 1.82) is 0 Å². The van der Waals surface area contributed by atoms with Crippen LogP contribution in [0.2, 0.25) is 0 Å². The molecule has 1 aromatic rings. The van der Waals surface area contributed by atoms with Gasteiger partial charge in [-0.15, -0.1) is 11.3 Å². The zero-order valence-corrected chi connectivity index (χ0v) is 21.4. The Hall–Kier alpha value is -1.20. The van der Waals surface area contributed by atoms with Crippen LogP contribution in [-0.4, -0.2) is 27.5 Å². The largest absolute Gasteiger partial charge is 0.393 e. The smallest absolute Gasteiger partial charge is 0.0882 e. The lowest BCUT2D eigenvalue weighted by Crippen LogP contribution is -2.36. The molecule has 33 heavy (non-hydrogen) atoms. The van der Waals surface area contributed by atoms with Gasteiger partial charge in [0.2, 0.25) is 0 Å². The summed E-state index contributed by atoms with van der Waals surface area (Å²) >= 11 is 1.68. The van der Waals surface area contributed by atoms with Crippen molar-refractivity contribution in [3.05, 3.63) is 57.3 Å². The lowest BCUT2D eigenvalue weighted by molar-refractivity contribution is 0.0828. The predicted octanol–water partition coefficient (Wildman–Crippen LogP) is 6.65. The van der Waals surface area contributed by atoms with Crippen molar-refractivity contribution in [1.82, 2.24) is 0 Å². The van der Waals surface area contributed by atoms with Crippen molar-refractivity contribution in [3.63, 3.8) is 0 Å². The second-order valence-electron chi connectivity index (χ2n) is 11.3. The highest BCUT2D eigenvalue weighted by atomic mass is 32.1. The molecule has 0 spiro atoms. The summed E-state index contributed by atoms with van der Waals surface area (Å²) < 4.78 is 0. The van der Waals surface area contributed by atoms with Crippen LogP contribution >= 0.6 is 11.3 Å². The monoisotopic (exact) mass is 470 g/mol. The van der Waals surface area contributed by atoms with Crippen LogP contribution in [0.15, 0.2) is 46.9 Å². The van der Waals surface area contributed by atoms with E-state index in [1.54, 1.807) is 16.9 Å². The third-order valence-electron chi connectivity index (χ3n) is 8.96. The molecule has 0 radical (unpaired) electrons. The highest BCUT2D eigenvalue weighted by molar-refractivity contribution is 7.10. The van der Waals surface area contributed by atoms with E-state index in [4.69, 9.17) is 0 Å². The first-order valence-corrected chi connectivity index (χ1v) is 13.7. The molecule has 1 heterocycles. The van der Waals surface area contributed by atoms with Gasteiger partial charge in [-0.3, -0.25) is 0 Å². The van der Waals surface area contributed by atoms with Gasteiger partial charge in [0.05, 0.1) is 18.3 Å². The number of thiophene rings is 1. The minimum Gasteiger partial charge on any atom is -0.393 e. The molecule has 3 saturated carbocycles. The predicted molar refractivity (Wildman–Crippen MR) is 137 cm³/mol. The maximum atomic E-state index is 10.7. The van der Waals surface area contributed by atoms with Crippen LogP contribution in [0.25, 0.3) is 0 Å². The molecule has 1 aromatic heterocycles. The van der Waals surface area contributed by atoms with Gasteiger partial charge in [-0.2, -0.15) is 0 Å². The summed E-state index contributed by atoms with van der Waals surface area (Å²) in [6.45, 7) is 11.1. The average Bonchev–Trinajstić information content (AvgIpc) is 3.36. The molecule has 0 bridgehead atoms. The standard InChI is InChI=1S/C29H42O3S/c1-18-14-28(33-17-18)26(31)12-7-19(2)24-10-11-25-21(6-5-13-29(24,25)4)8-9-22-15-23(30)16-27(32)20(22)3/h8-9,14,17,19,23-27,30-32H,3,5-7,10-13,15-16H2,1-2,4H3/t19-,23-,24-,25+,26-,27+,29-/m1/s1. The quantitative estimate of drug-likeness (QED) is 0.436. The number of allylic oxidation sites excluding steroid dienone is 3. The molecule has 3 N–H and O–H groups in total. The van der Waals surface area contributed by atoms with E-state index >= 15 is 0 Å². The lowest BCUT2D eigenvalue weighted by Gasteiger charge is -2.44. The summed E-state index contributed by atoms with van der Waals surface area (Å²) in [6.07, 6.45) is 12.1. The van der Waals surface area contributed by atoms with E-state index in [0.717, 1.165) is 35.3 Å². The van der Waals surface area contributed by atoms with E-state index in [1.807, 2.05) is 0 Å². The van der Waals surface area contributed by atoms with Crippen molar-refractivity contribution < 1.29 is 15.3 Å². The van der Waals surface area contributed by atoms with Crippen molar-refractivity contribution in [2.75, 3.05) is 0 Å². The Morgan fingerprint density at radius 3 is 2.76 bits per heavy atom. The van der Waals surface area contributed by atoms with E-state index in [1.165, 1.54) is 31.2 Å². The molecule has 3 aliphatic rings. The second-order valence-corrected chi connectivity index (χ2v) is 12.2. The van der Waals surface area contributed by atoms with Gasteiger partial charge in [-0.1, -0.05) is 38.2 Å². The van der Waals surface area contributed by atoms with Gasteiger partial charge in [0.1, 0.15) is 0 Å². The summed E-state index contributed by atoms with van der Waals surface area (Å²) in [5.74, 6) is 1.92. The molecular formula is C29H42O3S. The fourth-order valence-corrected chi connectivity index (χ4v) is 7.99. The van der Waals surface area contributed by atoms with Gasteiger partial charge in [-0.05, 0) is 110 Å². The third-order valence-corrected chi connectivity index (χ3v) is 10.1. The van der Waals surface area contributed by atoms with Crippen molar-refractivity contribution in [2.24, 2.45) is 23.2 Å². The zero-order valence-electron chi connectivity index (χ0n) is 20.6. The Morgan fingerprint density at radius 1 is 1.24 bits per heavy atom. The Balaban J connectivity index is 1.43. The van der Waals surface area contributed by atoms with Gasteiger partial charge < -0.3 is 15.3 Å². The van der Waals surface area contributed by atoms with Crippen molar-refractivity contribution >= 4 is 11.3 Å². The lowest BCUT2D eigenvalue weighted by atomic mass is 9.60. The number of hydrogen-bond donors (Lipinski definition) is 3. The summed E-state index contributed by atoms with van der Waals surface area (Å²) in [5, 5.41) is 33.0. The molecule has 0 aliphatic heterocycles. The fourth-order valence-electron chi connectivity index (χ4n) is 7.07. The van der Waals surface area contributed by atoms with Crippen LogP contribution in [0.3, 0.4) is 0 Å². The number of aryl methyl sites for hydroxylation is 1. The zero-order chi connectivity index (χ0) is 23.8. The van der Waals surface area contributed by atoms with E-state index in [9.17, 15) is 15.3 Å². The van der Waals surface area contributed by atoms with Crippen LogP contribution in [0, 0.1) is 30.1 Å². The normalized spacial score (nSPS) is 36.8. The van der Waals surface area contributed by atoms with Crippen molar-refractivity contribution in [3.8, 4) is 0 Å². The Morgan fingerprint density at radius 2 is 2.03 bits per heavy atom. The molecule has 4 heteroatoms. The van der Waals surface area contributed by atoms with E-state index < -0.39 is 12.2 Å². The van der Waals surface area contributed by atoms with Gasteiger partial charge in [0.25, 0.3) is 0 Å². The number of rotatable bonds is 6. The maximum Gasteiger partial charge on any atom is 0.0882 e. The molecule has 0 saturated heterocycles. The summed E-state index contributed by atoms with van der Waals surface area (Å²) in [7, 11) is 0. The molecule has 0 unspecified atom stereocenters. The second kappa shape index (κ2) is 10.2. The molecule has 3 fully saturated rings. The number of aliphatic hydroxyl groups excluding tert-OH is 3. The third kappa shape index (κ3) is 5.24. The molecule has 3 aliphatic carbocycles. The van der Waals surface area contributed by atoms with Crippen LogP contribution in [0.1, 0.15) is 88.2 Å². The molecule has 4 rings (SSSR count). The van der Waals surface area contributed by atoms with Gasteiger partial charge in [-0.25, -0.2) is 0 Å². The number of fused-ring (bicyclic) bond motifs is 1. The number of aliphatic hydroxyl groups is 3. The van der Waals surface area contributed by atoms with Crippen LogP contribution in [0.4, 0.5) is 0 Å². The Bertz CT molecular complexity index is 912. The van der Waals surface area contributed by atoms with Gasteiger partial charge in [0.15, 0.2) is 0 Å². The molecule has 7 atom stereocenters. The molecule has 0 aromatic carbocycles. The SMILES string of the molecule is C=C1C(=CC=C2CCC[C@]3(C)[C@@H]([C@H](C)CC[C@@H](O)c4cc(C)cs4)CC[C@@H]23)C[C@@H](O)C[C@@H]1O. The average molecular weight is 471 g/mol. The highest BCUT2D eigenvalue weighted by Crippen LogP contribution is 2.60. The first-order chi connectivity index (χ1) is 15.7.